The number of nitrogens with two attached hydrogens (primary N) is 1. The lowest BCUT2D eigenvalue weighted by Crippen LogP contribution is -1.84. The highest BCUT2D eigenvalue weighted by atomic mass is 31.3. The second-order valence-corrected chi connectivity index (χ2v) is 5.09. The van der Waals surface area contributed by atoms with Gasteiger partial charge >= 0.3 is 15.6 Å². The van der Waals surface area contributed by atoms with Gasteiger partial charge in [-0.3, -0.25) is 0 Å². The molecule has 6 N–H and O–H groups in total. The van der Waals surface area contributed by atoms with Crippen LogP contribution in [0.25, 0.3) is 0 Å². The first kappa shape index (κ1) is 15.3. The molecule has 10 heteroatoms. The van der Waals surface area contributed by atoms with Crippen LogP contribution in [0, 0.1) is 0 Å². The van der Waals surface area contributed by atoms with E-state index in [1.54, 1.807) is 0 Å². The minimum absolute atomic E-state index is 0.822. The third-order valence-electron chi connectivity index (χ3n) is 1.01. The summed E-state index contributed by atoms with van der Waals surface area (Å²) < 4.78 is 22.2. The zero-order chi connectivity index (χ0) is 12.8. The Morgan fingerprint density at radius 1 is 0.938 bits per heavy atom. The molecule has 0 aliphatic carbocycles. The summed E-state index contributed by atoms with van der Waals surface area (Å²) in [4.78, 5) is 31.0. The molecule has 0 radical (unpaired) electrons. The highest BCUT2D eigenvalue weighted by Crippen LogP contribution is 2.53. The second kappa shape index (κ2) is 6.12. The van der Waals surface area contributed by atoms with Crippen LogP contribution in [0.5, 0.6) is 0 Å². The van der Waals surface area contributed by atoms with Crippen molar-refractivity contribution < 1.29 is 33.0 Å². The van der Waals surface area contributed by atoms with Gasteiger partial charge in [-0.05, 0) is 12.1 Å². The van der Waals surface area contributed by atoms with Crippen molar-refractivity contribution in [3.63, 3.8) is 0 Å². The Labute approximate surface area is 91.2 Å². The Hall–Kier alpha value is -0.720. The number of nitrogen functional groups attached to an aromatic ring is 1. The number of hydrogen-bond donors (Lipinski definition) is 5. The maximum Gasteiger partial charge on any atom is 0.478 e. The number of anilines is 1. The van der Waals surface area contributed by atoms with Crippen LogP contribution in [0.15, 0.2) is 30.3 Å². The summed E-state index contributed by atoms with van der Waals surface area (Å²) in [6, 6.07) is 9.49. The number of para-hydroxylation sites is 1. The van der Waals surface area contributed by atoms with E-state index in [4.69, 9.17) is 25.3 Å². The van der Waals surface area contributed by atoms with E-state index in [9.17, 15) is 9.13 Å². The fraction of sp³-hybridized carbons (Fsp3) is 0. The fourth-order valence-electron chi connectivity index (χ4n) is 0.592. The average Bonchev–Trinajstić information content (AvgIpc) is 1.99. The lowest BCUT2D eigenvalue weighted by molar-refractivity contribution is 0.225. The van der Waals surface area contributed by atoms with Crippen molar-refractivity contribution >= 4 is 21.3 Å². The van der Waals surface area contributed by atoms with Gasteiger partial charge in [0.1, 0.15) is 0 Å². The molecule has 1 aromatic rings. The molecule has 16 heavy (non-hydrogen) atoms. The smallest absolute Gasteiger partial charge is 0.399 e. The summed E-state index contributed by atoms with van der Waals surface area (Å²) in [5.41, 5.74) is 6.18. The molecule has 0 atom stereocenters. The van der Waals surface area contributed by atoms with E-state index in [2.05, 4.69) is 4.31 Å². The topological polar surface area (TPSA) is 150 Å². The van der Waals surface area contributed by atoms with Crippen LogP contribution in [0.2, 0.25) is 0 Å². The van der Waals surface area contributed by atoms with Gasteiger partial charge in [0.25, 0.3) is 0 Å². The number of rotatable bonds is 2. The van der Waals surface area contributed by atoms with Crippen LogP contribution in [-0.4, -0.2) is 19.6 Å². The van der Waals surface area contributed by atoms with Crippen molar-refractivity contribution in [1.82, 2.24) is 0 Å². The normalized spacial score (nSPS) is 11.5. The summed E-state index contributed by atoms with van der Waals surface area (Å²) in [6.45, 7) is 0. The molecule has 0 aromatic heterocycles. The largest absolute Gasteiger partial charge is 0.478 e. The Bertz CT molecular complexity index is 377. The first-order valence-corrected chi connectivity index (χ1v) is 6.79. The van der Waals surface area contributed by atoms with Crippen LogP contribution >= 0.6 is 15.6 Å². The van der Waals surface area contributed by atoms with Gasteiger partial charge in [-0.2, -0.15) is 4.31 Å². The molecule has 1 rings (SSSR count). The molecule has 0 spiro atoms. The molecular formula is C6H11NO7P2. The summed E-state index contributed by atoms with van der Waals surface area (Å²) >= 11 is 0. The Morgan fingerprint density at radius 3 is 1.44 bits per heavy atom. The molecule has 0 fully saturated rings. The quantitative estimate of drug-likeness (QED) is 0.384. The molecule has 0 saturated carbocycles. The van der Waals surface area contributed by atoms with Crippen LogP contribution < -0.4 is 5.73 Å². The third-order valence-corrected chi connectivity index (χ3v) is 2.71. The summed E-state index contributed by atoms with van der Waals surface area (Å²) in [7, 11) is -10.1. The van der Waals surface area contributed by atoms with Gasteiger partial charge in [-0.15, -0.1) is 0 Å². The predicted molar refractivity (Wildman–Crippen MR) is 56.0 cm³/mol. The second-order valence-electron chi connectivity index (χ2n) is 2.47. The Balaban J connectivity index is 0.000000288. The maximum absolute atomic E-state index is 9.63. The zero-order valence-electron chi connectivity index (χ0n) is 7.87. The highest BCUT2D eigenvalue weighted by Gasteiger charge is 2.27. The molecule has 0 aliphatic rings. The van der Waals surface area contributed by atoms with E-state index in [1.165, 1.54) is 0 Å². The summed E-state index contributed by atoms with van der Waals surface area (Å²) in [5.74, 6) is 0. The molecular weight excluding hydrogens is 260 g/mol. The molecule has 0 amide bonds. The molecule has 0 aliphatic heterocycles. The predicted octanol–water partition coefficient (Wildman–Crippen LogP) is 0.457. The number of benzene rings is 1. The molecule has 1 aromatic carbocycles. The first-order valence-electron chi connectivity index (χ1n) is 3.73. The average molecular weight is 271 g/mol. The maximum atomic E-state index is 9.63. The fourth-order valence-corrected chi connectivity index (χ4v) is 1.70. The zero-order valence-corrected chi connectivity index (χ0v) is 9.66. The first-order chi connectivity index (χ1) is 7.10. The molecule has 0 unspecified atom stereocenters. The van der Waals surface area contributed by atoms with Crippen molar-refractivity contribution in [2.45, 2.75) is 0 Å². The van der Waals surface area contributed by atoms with Gasteiger partial charge in [-0.25, -0.2) is 9.13 Å². The molecule has 92 valence electrons. The number of hydrogen-bond acceptors (Lipinski definition) is 4. The molecule has 8 nitrogen and oxygen atoms in total. The number of phosphoric acid groups is 2. The van der Waals surface area contributed by atoms with Gasteiger partial charge in [0.15, 0.2) is 0 Å². The Kier molecular flexibility index (Phi) is 5.85. The minimum atomic E-state index is -5.05. The van der Waals surface area contributed by atoms with Gasteiger partial charge in [-0.1, -0.05) is 18.2 Å². The Morgan fingerprint density at radius 2 is 1.31 bits per heavy atom. The van der Waals surface area contributed by atoms with Crippen LogP contribution in [-0.2, 0) is 13.4 Å². The van der Waals surface area contributed by atoms with E-state index in [0.29, 0.717) is 0 Å². The van der Waals surface area contributed by atoms with Crippen molar-refractivity contribution in [2.75, 3.05) is 5.73 Å². The molecule has 0 bridgehead atoms. The molecule has 0 heterocycles. The van der Waals surface area contributed by atoms with Crippen LogP contribution in [0.1, 0.15) is 0 Å². The molecule has 0 saturated heterocycles. The van der Waals surface area contributed by atoms with Crippen molar-refractivity contribution in [3.05, 3.63) is 30.3 Å². The summed E-state index contributed by atoms with van der Waals surface area (Å²) in [5, 5.41) is 0. The van der Waals surface area contributed by atoms with Gasteiger partial charge < -0.3 is 25.3 Å². The van der Waals surface area contributed by atoms with Crippen molar-refractivity contribution in [1.29, 1.82) is 0 Å². The third kappa shape index (κ3) is 11.4. The lowest BCUT2D eigenvalue weighted by atomic mass is 10.3. The van der Waals surface area contributed by atoms with Gasteiger partial charge in [0.05, 0.1) is 0 Å². The summed E-state index contributed by atoms with van der Waals surface area (Å²) in [6.07, 6.45) is 0. The van der Waals surface area contributed by atoms with E-state index < -0.39 is 15.6 Å². The van der Waals surface area contributed by atoms with E-state index in [0.717, 1.165) is 5.69 Å². The van der Waals surface area contributed by atoms with Gasteiger partial charge in [0.2, 0.25) is 0 Å². The lowest BCUT2D eigenvalue weighted by Gasteiger charge is -2.03. The van der Waals surface area contributed by atoms with Gasteiger partial charge in [0, 0.05) is 5.69 Å². The van der Waals surface area contributed by atoms with Crippen molar-refractivity contribution in [2.24, 2.45) is 0 Å². The SMILES string of the molecule is Nc1ccccc1.O=P(O)(O)OP(=O)(O)O. The van der Waals surface area contributed by atoms with Crippen LogP contribution in [0.3, 0.4) is 0 Å². The highest BCUT2D eigenvalue weighted by molar-refractivity contribution is 7.60. The van der Waals surface area contributed by atoms with Crippen molar-refractivity contribution in [3.8, 4) is 0 Å². The van der Waals surface area contributed by atoms with E-state index in [1.807, 2.05) is 30.3 Å². The standard InChI is InChI=1S/C6H7N.H4O7P2/c7-6-4-2-1-3-5-6;1-8(2,3)7-9(4,5)6/h1-5H,7H2;(H2,1,2,3)(H2,4,5,6). The minimum Gasteiger partial charge on any atom is -0.399 e. The van der Waals surface area contributed by atoms with Crippen LogP contribution in [0.4, 0.5) is 5.69 Å². The van der Waals surface area contributed by atoms with E-state index >= 15 is 0 Å². The van der Waals surface area contributed by atoms with E-state index in [-0.39, 0.29) is 0 Å². The monoisotopic (exact) mass is 271 g/mol.